The maximum Gasteiger partial charge on any atom is 0.326 e. The normalized spacial score (nSPS) is 16.4. The molecule has 0 aliphatic carbocycles. The summed E-state index contributed by atoms with van der Waals surface area (Å²) in [5, 5.41) is 9.62. The lowest BCUT2D eigenvalue weighted by Crippen LogP contribution is -2.35. The first-order valence-corrected chi connectivity index (χ1v) is 9.57. The van der Waals surface area contributed by atoms with Crippen LogP contribution in [0.3, 0.4) is 0 Å². The molecule has 8 heteroatoms. The average Bonchev–Trinajstić information content (AvgIpc) is 2.91. The number of thioether (sulfide) groups is 1. The molecule has 7 nitrogen and oxygen atoms in total. The largest absolute Gasteiger partial charge is 0.504 e. The van der Waals surface area contributed by atoms with Gasteiger partial charge in [0.15, 0.2) is 11.5 Å². The maximum absolute atomic E-state index is 12.6. The number of ether oxygens (including phenoxy) is 2. The molecular formula is C20H23NO6S. The highest BCUT2D eigenvalue weighted by molar-refractivity contribution is 8.18. The number of phenols is 1. The first-order chi connectivity index (χ1) is 13.3. The van der Waals surface area contributed by atoms with Crippen molar-refractivity contribution in [3.8, 4) is 11.5 Å². The van der Waals surface area contributed by atoms with E-state index in [1.165, 1.54) is 13.2 Å². The van der Waals surface area contributed by atoms with Crippen molar-refractivity contribution in [2.45, 2.75) is 32.8 Å². The third kappa shape index (κ3) is 4.95. The minimum absolute atomic E-state index is 0.000411. The van der Waals surface area contributed by atoms with Crippen LogP contribution in [0, 0.1) is 0 Å². The molecule has 2 amide bonds. The van der Waals surface area contributed by atoms with Crippen molar-refractivity contribution in [1.29, 1.82) is 0 Å². The van der Waals surface area contributed by atoms with Crippen LogP contribution in [0.2, 0.25) is 0 Å². The molecule has 1 fully saturated rings. The van der Waals surface area contributed by atoms with Crippen LogP contribution in [-0.4, -0.2) is 46.9 Å². The summed E-state index contributed by atoms with van der Waals surface area (Å²) in [6.07, 6.45) is 3.93. The Balaban J connectivity index is 2.24. The highest BCUT2D eigenvalue weighted by Gasteiger charge is 2.37. The number of imide groups is 1. The number of carbonyl (C=O) groups excluding carboxylic acids is 3. The molecule has 28 heavy (non-hydrogen) atoms. The third-order valence-corrected chi connectivity index (χ3v) is 5.03. The van der Waals surface area contributed by atoms with E-state index in [1.54, 1.807) is 25.1 Å². The molecule has 1 aromatic carbocycles. The Labute approximate surface area is 168 Å². The van der Waals surface area contributed by atoms with Gasteiger partial charge >= 0.3 is 5.97 Å². The molecule has 0 radical (unpaired) electrons. The highest BCUT2D eigenvalue weighted by Crippen LogP contribution is 2.36. The molecule has 1 aliphatic rings. The summed E-state index contributed by atoms with van der Waals surface area (Å²) in [4.78, 5) is 37.7. The third-order valence-electron chi connectivity index (χ3n) is 4.13. The number of carbonyl (C=O) groups is 3. The van der Waals surface area contributed by atoms with Gasteiger partial charge in [-0.3, -0.25) is 19.3 Å². The van der Waals surface area contributed by atoms with Crippen LogP contribution >= 0.6 is 11.8 Å². The van der Waals surface area contributed by atoms with Gasteiger partial charge in [-0.15, -0.1) is 6.58 Å². The number of amides is 2. The lowest BCUT2D eigenvalue weighted by molar-refractivity contribution is -0.150. The quantitative estimate of drug-likeness (QED) is 0.402. The first-order valence-electron chi connectivity index (χ1n) is 8.76. The number of hydrogen-bond donors (Lipinski definition) is 1. The second kappa shape index (κ2) is 9.45. The number of aromatic hydroxyl groups is 1. The van der Waals surface area contributed by atoms with Crippen molar-refractivity contribution >= 4 is 35.0 Å². The van der Waals surface area contributed by atoms with Gasteiger partial charge in [0.05, 0.1) is 18.1 Å². The number of phenolic OH excluding ortho intramolecular Hbond substituents is 1. The van der Waals surface area contributed by atoms with Crippen molar-refractivity contribution < 1.29 is 29.0 Å². The van der Waals surface area contributed by atoms with Crippen LogP contribution in [-0.2, 0) is 20.7 Å². The SMILES string of the molecule is C=CCc1cc(/C=C2\SC(=O)N(CC(=O)O[C@@H](C)CC)C2=O)cc(OC)c1O. The molecule has 0 saturated carbocycles. The summed E-state index contributed by atoms with van der Waals surface area (Å²) in [5.74, 6) is -0.937. The minimum Gasteiger partial charge on any atom is -0.504 e. The van der Waals surface area contributed by atoms with Crippen LogP contribution < -0.4 is 4.74 Å². The van der Waals surface area contributed by atoms with Crippen molar-refractivity contribution in [3.05, 3.63) is 40.8 Å². The van der Waals surface area contributed by atoms with E-state index in [-0.39, 0.29) is 22.5 Å². The van der Waals surface area contributed by atoms with Gasteiger partial charge in [0.25, 0.3) is 11.1 Å². The predicted molar refractivity (Wildman–Crippen MR) is 107 cm³/mol. The zero-order valence-electron chi connectivity index (χ0n) is 16.1. The van der Waals surface area contributed by atoms with E-state index in [2.05, 4.69) is 6.58 Å². The molecule has 1 aromatic rings. The van der Waals surface area contributed by atoms with Crippen LogP contribution in [0.1, 0.15) is 31.4 Å². The highest BCUT2D eigenvalue weighted by atomic mass is 32.2. The molecule has 0 unspecified atom stereocenters. The molecule has 1 N–H and O–H groups in total. The Hall–Kier alpha value is -2.74. The first kappa shape index (κ1) is 21.6. The average molecular weight is 405 g/mol. The number of esters is 1. The van der Waals surface area contributed by atoms with Crippen molar-refractivity contribution in [2.24, 2.45) is 0 Å². The minimum atomic E-state index is -0.627. The molecule has 0 spiro atoms. The summed E-state index contributed by atoms with van der Waals surface area (Å²) in [5.41, 5.74) is 1.16. The van der Waals surface area contributed by atoms with E-state index in [0.29, 0.717) is 24.0 Å². The number of nitrogens with zero attached hydrogens (tertiary/aromatic N) is 1. The fourth-order valence-electron chi connectivity index (χ4n) is 2.50. The van der Waals surface area contributed by atoms with Gasteiger partial charge in [-0.1, -0.05) is 13.0 Å². The fourth-order valence-corrected chi connectivity index (χ4v) is 3.34. The van der Waals surface area contributed by atoms with Crippen LogP contribution in [0.5, 0.6) is 11.5 Å². The van der Waals surface area contributed by atoms with Gasteiger partial charge < -0.3 is 14.6 Å². The predicted octanol–water partition coefficient (Wildman–Crippen LogP) is 3.51. The Morgan fingerprint density at radius 2 is 2.11 bits per heavy atom. The van der Waals surface area contributed by atoms with E-state index in [4.69, 9.17) is 9.47 Å². The zero-order chi connectivity index (χ0) is 20.8. The molecule has 1 saturated heterocycles. The number of rotatable bonds is 8. The molecule has 0 bridgehead atoms. The Morgan fingerprint density at radius 3 is 2.71 bits per heavy atom. The van der Waals surface area contributed by atoms with Gasteiger partial charge in [0.2, 0.25) is 0 Å². The summed E-state index contributed by atoms with van der Waals surface area (Å²) < 4.78 is 10.3. The maximum atomic E-state index is 12.6. The van der Waals surface area contributed by atoms with Crippen LogP contribution in [0.4, 0.5) is 4.79 Å². The zero-order valence-corrected chi connectivity index (χ0v) is 16.9. The molecule has 0 aromatic heterocycles. The standard InChI is InChI=1S/C20H23NO6S/c1-5-7-14-8-13(9-15(26-4)18(14)23)10-16-19(24)21(20(25)28-16)11-17(22)27-12(3)6-2/h5,8-10,12,23H,1,6-7,11H2,2-4H3/b16-10-/t12-/m0/s1. The molecule has 150 valence electrons. The van der Waals surface area contributed by atoms with Crippen molar-refractivity contribution in [2.75, 3.05) is 13.7 Å². The number of benzene rings is 1. The fraction of sp³-hybridized carbons (Fsp3) is 0.350. The Morgan fingerprint density at radius 1 is 1.39 bits per heavy atom. The van der Waals surface area contributed by atoms with Crippen molar-refractivity contribution in [1.82, 2.24) is 4.90 Å². The summed E-state index contributed by atoms with van der Waals surface area (Å²) >= 11 is 0.747. The lowest BCUT2D eigenvalue weighted by atomic mass is 10.1. The van der Waals surface area contributed by atoms with E-state index >= 15 is 0 Å². The van der Waals surface area contributed by atoms with Gasteiger partial charge in [-0.05, 0) is 55.3 Å². The van der Waals surface area contributed by atoms with E-state index in [0.717, 1.165) is 16.7 Å². The second-order valence-electron chi connectivity index (χ2n) is 6.20. The van der Waals surface area contributed by atoms with Gasteiger partial charge in [-0.25, -0.2) is 0 Å². The van der Waals surface area contributed by atoms with Crippen LogP contribution in [0.15, 0.2) is 29.7 Å². The Bertz CT molecular complexity index is 832. The number of methoxy groups -OCH3 is 1. The Kier molecular flexibility index (Phi) is 7.28. The molecule has 2 rings (SSSR count). The van der Waals surface area contributed by atoms with Crippen LogP contribution in [0.25, 0.3) is 6.08 Å². The number of hydrogen-bond acceptors (Lipinski definition) is 7. The van der Waals surface area contributed by atoms with Gasteiger partial charge in [0.1, 0.15) is 6.54 Å². The topological polar surface area (TPSA) is 93.1 Å². The van der Waals surface area contributed by atoms with E-state index in [1.807, 2.05) is 6.92 Å². The number of allylic oxidation sites excluding steroid dienone is 1. The van der Waals surface area contributed by atoms with E-state index in [9.17, 15) is 19.5 Å². The van der Waals surface area contributed by atoms with Gasteiger partial charge in [-0.2, -0.15) is 0 Å². The molecule has 1 aliphatic heterocycles. The summed E-state index contributed by atoms with van der Waals surface area (Å²) in [7, 11) is 1.42. The smallest absolute Gasteiger partial charge is 0.326 e. The van der Waals surface area contributed by atoms with Crippen molar-refractivity contribution in [3.63, 3.8) is 0 Å². The lowest BCUT2D eigenvalue weighted by Gasteiger charge is -2.14. The molecule has 1 atom stereocenters. The summed E-state index contributed by atoms with van der Waals surface area (Å²) in [6, 6.07) is 3.25. The summed E-state index contributed by atoms with van der Waals surface area (Å²) in [6.45, 7) is 6.84. The van der Waals surface area contributed by atoms with Gasteiger partial charge in [0, 0.05) is 5.56 Å². The molecular weight excluding hydrogens is 382 g/mol. The molecule has 1 heterocycles. The second-order valence-corrected chi connectivity index (χ2v) is 7.19. The van der Waals surface area contributed by atoms with E-state index < -0.39 is 23.7 Å². The monoisotopic (exact) mass is 405 g/mol.